The van der Waals surface area contributed by atoms with E-state index >= 15 is 0 Å². The van der Waals surface area contributed by atoms with Gasteiger partial charge in [0.2, 0.25) is 0 Å². The predicted molar refractivity (Wildman–Crippen MR) is 73.6 cm³/mol. The van der Waals surface area contributed by atoms with E-state index in [9.17, 15) is 0 Å². The third-order valence-electron chi connectivity index (χ3n) is 4.11. The first-order valence-corrected chi connectivity index (χ1v) is 7.07. The maximum atomic E-state index is 5.46. The minimum atomic E-state index is 0.553. The van der Waals surface area contributed by atoms with Gasteiger partial charge in [-0.15, -0.1) is 0 Å². The average molecular weight is 296 g/mol. The van der Waals surface area contributed by atoms with Crippen molar-refractivity contribution in [3.8, 4) is 0 Å². The number of rotatable bonds is 1. The van der Waals surface area contributed by atoms with Gasteiger partial charge in [0.1, 0.15) is 0 Å². The van der Waals surface area contributed by atoms with E-state index < -0.39 is 0 Å². The lowest BCUT2D eigenvalue weighted by Gasteiger charge is -2.53. The molecule has 1 aromatic carbocycles. The quantitative estimate of drug-likeness (QED) is 0.788. The van der Waals surface area contributed by atoms with Crippen molar-refractivity contribution in [3.63, 3.8) is 0 Å². The highest BCUT2D eigenvalue weighted by molar-refractivity contribution is 9.10. The molecule has 0 unspecified atom stereocenters. The van der Waals surface area contributed by atoms with Crippen LogP contribution in [0.2, 0.25) is 0 Å². The van der Waals surface area contributed by atoms with Crippen LogP contribution < -0.4 is 4.90 Å². The molecule has 92 valence electrons. The molecule has 17 heavy (non-hydrogen) atoms. The van der Waals surface area contributed by atoms with E-state index in [0.717, 1.165) is 13.2 Å². The minimum absolute atomic E-state index is 0.553. The van der Waals surface area contributed by atoms with Gasteiger partial charge in [-0.1, -0.05) is 15.9 Å². The molecular weight excluding hydrogens is 278 g/mol. The van der Waals surface area contributed by atoms with Gasteiger partial charge < -0.3 is 9.64 Å². The number of aryl methyl sites for hydroxylation is 1. The van der Waals surface area contributed by atoms with Gasteiger partial charge in [-0.05, 0) is 43.5 Å². The first-order valence-electron chi connectivity index (χ1n) is 6.27. The van der Waals surface area contributed by atoms with Crippen LogP contribution in [0, 0.1) is 12.3 Å². The van der Waals surface area contributed by atoms with Crippen molar-refractivity contribution < 1.29 is 4.74 Å². The Morgan fingerprint density at radius 1 is 1.24 bits per heavy atom. The van der Waals surface area contributed by atoms with Gasteiger partial charge in [-0.2, -0.15) is 0 Å². The zero-order chi connectivity index (χ0) is 11.9. The normalized spacial score (nSPS) is 22.6. The zero-order valence-corrected chi connectivity index (χ0v) is 11.8. The van der Waals surface area contributed by atoms with E-state index in [-0.39, 0.29) is 0 Å². The maximum absolute atomic E-state index is 5.46. The number of halogens is 1. The highest BCUT2D eigenvalue weighted by atomic mass is 79.9. The third-order valence-corrected chi connectivity index (χ3v) is 4.60. The van der Waals surface area contributed by atoms with Crippen LogP contribution in [0.25, 0.3) is 0 Å². The lowest BCUT2D eigenvalue weighted by Crippen LogP contribution is -2.58. The summed E-state index contributed by atoms with van der Waals surface area (Å²) in [4.78, 5) is 2.51. The fourth-order valence-electron chi connectivity index (χ4n) is 3.03. The molecule has 0 aromatic heterocycles. The van der Waals surface area contributed by atoms with E-state index in [4.69, 9.17) is 4.74 Å². The molecule has 2 aliphatic rings. The number of nitrogens with zero attached hydrogens (tertiary/aromatic N) is 1. The van der Waals surface area contributed by atoms with Crippen molar-refractivity contribution in [2.75, 3.05) is 31.2 Å². The molecule has 3 heteroatoms. The summed E-state index contributed by atoms with van der Waals surface area (Å²) < 4.78 is 6.62. The van der Waals surface area contributed by atoms with Crippen LogP contribution in [0.3, 0.4) is 0 Å². The van der Waals surface area contributed by atoms with Crippen molar-refractivity contribution in [1.82, 2.24) is 0 Å². The molecule has 3 rings (SSSR count). The van der Waals surface area contributed by atoms with Gasteiger partial charge in [0, 0.05) is 41.9 Å². The summed E-state index contributed by atoms with van der Waals surface area (Å²) in [6.07, 6.45) is 2.47. The molecule has 2 saturated heterocycles. The van der Waals surface area contributed by atoms with Crippen LogP contribution in [-0.2, 0) is 4.74 Å². The van der Waals surface area contributed by atoms with E-state index in [1.807, 2.05) is 0 Å². The van der Waals surface area contributed by atoms with Crippen molar-refractivity contribution in [2.24, 2.45) is 5.41 Å². The van der Waals surface area contributed by atoms with E-state index in [1.54, 1.807) is 0 Å². The van der Waals surface area contributed by atoms with E-state index in [1.165, 1.54) is 41.7 Å². The Bertz CT molecular complexity index is 418. The van der Waals surface area contributed by atoms with Gasteiger partial charge in [0.15, 0.2) is 0 Å². The molecule has 2 heterocycles. The summed E-state index contributed by atoms with van der Waals surface area (Å²) in [5.41, 5.74) is 3.31. The summed E-state index contributed by atoms with van der Waals surface area (Å²) >= 11 is 3.52. The second kappa shape index (κ2) is 4.29. The van der Waals surface area contributed by atoms with Crippen molar-refractivity contribution in [1.29, 1.82) is 0 Å². The Labute approximate surface area is 111 Å². The molecule has 2 fully saturated rings. The summed E-state index contributed by atoms with van der Waals surface area (Å²) in [7, 11) is 0. The number of hydrogen-bond donors (Lipinski definition) is 0. The summed E-state index contributed by atoms with van der Waals surface area (Å²) in [5, 5.41) is 0. The second-order valence-electron chi connectivity index (χ2n) is 5.40. The van der Waals surface area contributed by atoms with Crippen LogP contribution in [0.15, 0.2) is 22.7 Å². The number of hydrogen-bond acceptors (Lipinski definition) is 2. The lowest BCUT2D eigenvalue weighted by atomic mass is 9.73. The molecule has 0 N–H and O–H groups in total. The number of ether oxygens (including phenoxy) is 1. The van der Waals surface area contributed by atoms with Crippen molar-refractivity contribution in [2.45, 2.75) is 19.8 Å². The lowest BCUT2D eigenvalue weighted by molar-refractivity contribution is -0.000224. The van der Waals surface area contributed by atoms with E-state index in [0.29, 0.717) is 5.41 Å². The Morgan fingerprint density at radius 2 is 1.94 bits per heavy atom. The number of anilines is 1. The highest BCUT2D eigenvalue weighted by Crippen LogP contribution is 2.43. The molecular formula is C14H18BrNO. The second-order valence-corrected chi connectivity index (χ2v) is 6.31. The summed E-state index contributed by atoms with van der Waals surface area (Å²) in [6.45, 7) is 6.51. The molecule has 1 spiro atoms. The monoisotopic (exact) mass is 295 g/mol. The van der Waals surface area contributed by atoms with Crippen LogP contribution >= 0.6 is 15.9 Å². The Kier molecular flexibility index (Phi) is 2.91. The van der Waals surface area contributed by atoms with Gasteiger partial charge >= 0.3 is 0 Å². The molecule has 2 nitrogen and oxygen atoms in total. The first-order chi connectivity index (χ1) is 8.19. The standard InChI is InChI=1S/C14H18BrNO/c1-11-8-12(15)2-3-13(11)16-9-14(10-16)4-6-17-7-5-14/h2-3,8H,4-7,9-10H2,1H3. The molecule has 1 aromatic rings. The fraction of sp³-hybridized carbons (Fsp3) is 0.571. The molecule has 2 aliphatic heterocycles. The molecule has 0 aliphatic carbocycles. The predicted octanol–water partition coefficient (Wildman–Crippen LogP) is 3.37. The Morgan fingerprint density at radius 3 is 2.59 bits per heavy atom. The molecule has 0 radical (unpaired) electrons. The van der Waals surface area contributed by atoms with E-state index in [2.05, 4.69) is 46.0 Å². The van der Waals surface area contributed by atoms with Crippen LogP contribution in [0.5, 0.6) is 0 Å². The van der Waals surface area contributed by atoms with Crippen LogP contribution in [0.1, 0.15) is 18.4 Å². The van der Waals surface area contributed by atoms with Crippen LogP contribution in [-0.4, -0.2) is 26.3 Å². The maximum Gasteiger partial charge on any atom is 0.0472 e. The SMILES string of the molecule is Cc1cc(Br)ccc1N1CC2(CCOCC2)C1. The van der Waals surface area contributed by atoms with Gasteiger partial charge in [0.05, 0.1) is 0 Å². The summed E-state index contributed by atoms with van der Waals surface area (Å²) in [5.74, 6) is 0. The van der Waals surface area contributed by atoms with Crippen molar-refractivity contribution in [3.05, 3.63) is 28.2 Å². The minimum Gasteiger partial charge on any atom is -0.381 e. The van der Waals surface area contributed by atoms with Crippen molar-refractivity contribution >= 4 is 21.6 Å². The number of benzene rings is 1. The Balaban J connectivity index is 1.72. The van der Waals surface area contributed by atoms with Gasteiger partial charge in [0.25, 0.3) is 0 Å². The largest absolute Gasteiger partial charge is 0.381 e. The zero-order valence-electron chi connectivity index (χ0n) is 10.2. The molecule has 0 amide bonds. The topological polar surface area (TPSA) is 12.5 Å². The Hall–Kier alpha value is -0.540. The third kappa shape index (κ3) is 2.11. The molecule has 0 bridgehead atoms. The molecule has 0 atom stereocenters. The molecule has 0 saturated carbocycles. The highest BCUT2D eigenvalue weighted by Gasteiger charge is 2.44. The summed E-state index contributed by atoms with van der Waals surface area (Å²) in [6, 6.07) is 6.56. The van der Waals surface area contributed by atoms with Crippen LogP contribution in [0.4, 0.5) is 5.69 Å². The van der Waals surface area contributed by atoms with Gasteiger partial charge in [-0.3, -0.25) is 0 Å². The average Bonchev–Trinajstić information content (AvgIpc) is 2.27. The van der Waals surface area contributed by atoms with Gasteiger partial charge in [-0.25, -0.2) is 0 Å². The smallest absolute Gasteiger partial charge is 0.0472 e. The first kappa shape index (κ1) is 11.5. The fourth-order valence-corrected chi connectivity index (χ4v) is 3.50.